The van der Waals surface area contributed by atoms with E-state index in [9.17, 15) is 14.7 Å². The summed E-state index contributed by atoms with van der Waals surface area (Å²) in [6.45, 7) is 10.2. The van der Waals surface area contributed by atoms with Crippen LogP contribution in [0.25, 0.3) is 5.76 Å². The zero-order valence-corrected chi connectivity index (χ0v) is 20.7. The number of aliphatic hydroxyl groups excluding tert-OH is 1. The molecular weight excluding hydrogens is 456 g/mol. The van der Waals surface area contributed by atoms with Gasteiger partial charge in [-0.1, -0.05) is 56.6 Å². The summed E-state index contributed by atoms with van der Waals surface area (Å²) in [4.78, 5) is 33.3. The third kappa shape index (κ3) is 4.21. The summed E-state index contributed by atoms with van der Waals surface area (Å²) in [5, 5.41) is 12.1. The summed E-state index contributed by atoms with van der Waals surface area (Å²) in [6.07, 6.45) is 0. The van der Waals surface area contributed by atoms with E-state index in [1.54, 1.807) is 24.3 Å². The van der Waals surface area contributed by atoms with Crippen LogP contribution in [-0.2, 0) is 15.0 Å². The van der Waals surface area contributed by atoms with Gasteiger partial charge in [0.1, 0.15) is 5.76 Å². The van der Waals surface area contributed by atoms with Crippen molar-refractivity contribution in [2.45, 2.75) is 46.1 Å². The summed E-state index contributed by atoms with van der Waals surface area (Å²) in [5.41, 5.74) is 3.06. The molecule has 1 unspecified atom stereocenters. The lowest BCUT2D eigenvalue weighted by atomic mass is 9.85. The van der Waals surface area contributed by atoms with Crippen molar-refractivity contribution < 1.29 is 14.7 Å². The highest BCUT2D eigenvalue weighted by atomic mass is 35.5. The van der Waals surface area contributed by atoms with Gasteiger partial charge in [-0.2, -0.15) is 0 Å². The Morgan fingerprint density at radius 1 is 1.03 bits per heavy atom. The fourth-order valence-corrected chi connectivity index (χ4v) is 4.90. The van der Waals surface area contributed by atoms with Gasteiger partial charge in [0.2, 0.25) is 0 Å². The number of Topliss-reactive ketones (excluding diaryl/α,β-unsaturated/α-hetero) is 1. The van der Waals surface area contributed by atoms with Crippen LogP contribution in [-0.4, -0.2) is 21.8 Å². The predicted molar refractivity (Wildman–Crippen MR) is 133 cm³/mol. The number of hydrogen-bond donors (Lipinski definition) is 1. The second-order valence-electron chi connectivity index (χ2n) is 9.19. The first-order valence-corrected chi connectivity index (χ1v) is 11.8. The van der Waals surface area contributed by atoms with Crippen molar-refractivity contribution in [2.75, 3.05) is 4.90 Å². The summed E-state index contributed by atoms with van der Waals surface area (Å²) in [6, 6.07) is 13.5. The zero-order valence-electron chi connectivity index (χ0n) is 19.1. The van der Waals surface area contributed by atoms with Crippen molar-refractivity contribution in [3.63, 3.8) is 0 Å². The van der Waals surface area contributed by atoms with Gasteiger partial charge in [-0.05, 0) is 54.7 Å². The molecule has 0 aliphatic carbocycles. The number of amides is 1. The predicted octanol–water partition coefficient (Wildman–Crippen LogP) is 6.34. The van der Waals surface area contributed by atoms with Gasteiger partial charge in [-0.25, -0.2) is 4.98 Å². The zero-order chi connectivity index (χ0) is 24.1. The maximum Gasteiger partial charge on any atom is 0.301 e. The van der Waals surface area contributed by atoms with Gasteiger partial charge >= 0.3 is 5.91 Å². The van der Waals surface area contributed by atoms with Gasteiger partial charge in [0, 0.05) is 15.5 Å². The number of carbonyl (C=O) groups is 2. The SMILES string of the molecule is Cc1nc(N2C(=O)C(=O)/C(=C(/O)c3ccc(Cl)cc3)C2c2ccc(C(C)(C)C)cc2)sc1C. The minimum atomic E-state index is -0.792. The Balaban J connectivity index is 1.92. The van der Waals surface area contributed by atoms with E-state index in [0.717, 1.165) is 21.7 Å². The Morgan fingerprint density at radius 2 is 1.64 bits per heavy atom. The summed E-state index contributed by atoms with van der Waals surface area (Å²) < 4.78 is 0. The van der Waals surface area contributed by atoms with Gasteiger partial charge in [-0.3, -0.25) is 14.5 Å². The highest BCUT2D eigenvalue weighted by Crippen LogP contribution is 2.44. The third-order valence-electron chi connectivity index (χ3n) is 5.88. The molecule has 1 aliphatic heterocycles. The Morgan fingerprint density at radius 3 is 2.15 bits per heavy atom. The molecule has 1 aliphatic rings. The number of anilines is 1. The number of benzene rings is 2. The number of rotatable bonds is 3. The van der Waals surface area contributed by atoms with Crippen LogP contribution >= 0.6 is 22.9 Å². The van der Waals surface area contributed by atoms with Crippen LogP contribution in [0.5, 0.6) is 0 Å². The first-order chi connectivity index (χ1) is 15.5. The molecule has 1 N–H and O–H groups in total. The molecular formula is C26H25ClN2O3S. The normalized spacial score (nSPS) is 18.2. The molecule has 4 rings (SSSR count). The maximum atomic E-state index is 13.2. The number of halogens is 1. The van der Waals surface area contributed by atoms with Crippen LogP contribution in [0.3, 0.4) is 0 Å². The summed E-state index contributed by atoms with van der Waals surface area (Å²) in [5.74, 6) is -1.68. The molecule has 0 bridgehead atoms. The van der Waals surface area contributed by atoms with Gasteiger partial charge in [0.15, 0.2) is 5.13 Å². The number of ketones is 1. The van der Waals surface area contributed by atoms with E-state index in [0.29, 0.717) is 15.7 Å². The molecule has 0 spiro atoms. The standard InChI is InChI=1S/C26H25ClN2O3S/c1-14-15(2)33-25(28-14)29-21(16-6-10-18(11-7-16)26(3,4)5)20(23(31)24(29)32)22(30)17-8-12-19(27)13-9-17/h6-13,21,30H,1-5H3/b22-20+. The Kier molecular flexibility index (Phi) is 5.93. The lowest BCUT2D eigenvalue weighted by Gasteiger charge is -2.24. The number of carbonyl (C=O) groups excluding carboxylic acids is 2. The lowest BCUT2D eigenvalue weighted by molar-refractivity contribution is -0.132. The van der Waals surface area contributed by atoms with E-state index in [1.807, 2.05) is 38.1 Å². The quantitative estimate of drug-likeness (QED) is 0.270. The van der Waals surface area contributed by atoms with E-state index >= 15 is 0 Å². The second-order valence-corrected chi connectivity index (χ2v) is 10.8. The van der Waals surface area contributed by atoms with Crippen molar-refractivity contribution in [3.8, 4) is 0 Å². The minimum Gasteiger partial charge on any atom is -0.507 e. The van der Waals surface area contributed by atoms with Crippen LogP contribution in [0, 0.1) is 13.8 Å². The van der Waals surface area contributed by atoms with Gasteiger partial charge in [-0.15, -0.1) is 11.3 Å². The van der Waals surface area contributed by atoms with Crippen LogP contribution in [0.4, 0.5) is 5.13 Å². The molecule has 1 aromatic heterocycles. The second kappa shape index (κ2) is 8.43. The lowest BCUT2D eigenvalue weighted by Crippen LogP contribution is -2.29. The van der Waals surface area contributed by atoms with Gasteiger partial charge in [0.05, 0.1) is 17.3 Å². The molecule has 0 radical (unpaired) electrons. The van der Waals surface area contributed by atoms with Crippen LogP contribution < -0.4 is 4.90 Å². The fraction of sp³-hybridized carbons (Fsp3) is 0.269. The van der Waals surface area contributed by atoms with E-state index in [-0.39, 0.29) is 16.7 Å². The molecule has 5 nitrogen and oxygen atoms in total. The largest absolute Gasteiger partial charge is 0.507 e. The third-order valence-corrected chi connectivity index (χ3v) is 7.20. The smallest absolute Gasteiger partial charge is 0.301 e. The minimum absolute atomic E-state index is 0.0383. The van der Waals surface area contributed by atoms with E-state index in [1.165, 1.54) is 16.2 Å². The topological polar surface area (TPSA) is 70.5 Å². The van der Waals surface area contributed by atoms with Gasteiger partial charge < -0.3 is 5.11 Å². The van der Waals surface area contributed by atoms with Crippen molar-refractivity contribution in [3.05, 3.63) is 86.4 Å². The highest BCUT2D eigenvalue weighted by Gasteiger charge is 2.48. The Hall–Kier alpha value is -2.96. The van der Waals surface area contributed by atoms with E-state index in [4.69, 9.17) is 11.6 Å². The number of aryl methyl sites for hydroxylation is 2. The van der Waals surface area contributed by atoms with E-state index in [2.05, 4.69) is 25.8 Å². The molecule has 1 fully saturated rings. The number of aromatic nitrogens is 1. The average molecular weight is 481 g/mol. The number of nitrogens with zero attached hydrogens (tertiary/aromatic N) is 2. The molecule has 1 atom stereocenters. The van der Waals surface area contributed by atoms with Crippen LogP contribution in [0.2, 0.25) is 5.02 Å². The molecule has 170 valence electrons. The molecule has 7 heteroatoms. The number of hydrogen-bond acceptors (Lipinski definition) is 5. The first kappa shape index (κ1) is 23.2. The number of aliphatic hydroxyl groups is 1. The maximum absolute atomic E-state index is 13.2. The van der Waals surface area contributed by atoms with Crippen molar-refractivity contribution in [1.82, 2.24) is 4.98 Å². The average Bonchev–Trinajstić information content (AvgIpc) is 3.23. The van der Waals surface area contributed by atoms with E-state index < -0.39 is 17.7 Å². The molecule has 33 heavy (non-hydrogen) atoms. The van der Waals surface area contributed by atoms with Crippen molar-refractivity contribution in [2.24, 2.45) is 0 Å². The van der Waals surface area contributed by atoms with Gasteiger partial charge in [0.25, 0.3) is 5.78 Å². The van der Waals surface area contributed by atoms with Crippen LogP contribution in [0.15, 0.2) is 54.1 Å². The summed E-state index contributed by atoms with van der Waals surface area (Å²) in [7, 11) is 0. The summed E-state index contributed by atoms with van der Waals surface area (Å²) >= 11 is 7.35. The first-order valence-electron chi connectivity index (χ1n) is 10.6. The molecule has 1 saturated heterocycles. The van der Waals surface area contributed by atoms with Crippen molar-refractivity contribution >= 4 is 45.5 Å². The Bertz CT molecular complexity index is 1250. The molecule has 2 aromatic carbocycles. The fourth-order valence-electron chi connectivity index (χ4n) is 3.83. The Labute approximate surface area is 202 Å². The number of thiazole rings is 1. The van der Waals surface area contributed by atoms with Crippen molar-refractivity contribution in [1.29, 1.82) is 0 Å². The highest BCUT2D eigenvalue weighted by molar-refractivity contribution is 7.16. The monoisotopic (exact) mass is 480 g/mol. The molecule has 1 amide bonds. The molecule has 2 heterocycles. The molecule has 0 saturated carbocycles. The van der Waals surface area contributed by atoms with Crippen LogP contribution in [0.1, 0.15) is 54.1 Å². The molecule has 3 aromatic rings.